The molecule has 0 unspecified atom stereocenters. The van der Waals surface area contributed by atoms with E-state index in [1.54, 1.807) is 6.07 Å². The largest absolute Gasteiger partial charge is 0.268 e. The average Bonchev–Trinajstić information content (AvgIpc) is 2.62. The molecule has 0 spiro atoms. The van der Waals surface area contributed by atoms with Gasteiger partial charge in [0.15, 0.2) is 0 Å². The highest BCUT2D eigenvalue weighted by Gasteiger charge is 1.97. The predicted octanol–water partition coefficient (Wildman–Crippen LogP) is 3.91. The molecule has 0 aromatic carbocycles. The van der Waals surface area contributed by atoms with Crippen molar-refractivity contribution in [2.45, 2.75) is 58.9 Å². The van der Waals surface area contributed by atoms with Crippen LogP contribution in [-0.2, 0) is 6.54 Å². The summed E-state index contributed by atoms with van der Waals surface area (Å²) in [6.07, 6.45) is 7.76. The van der Waals surface area contributed by atoms with Crippen LogP contribution in [0.15, 0.2) is 16.2 Å². The topological polar surface area (TPSA) is 22.0 Å². The summed E-state index contributed by atoms with van der Waals surface area (Å²) < 4.78 is 1.84. The molecular weight excluding hydrogens is 218 g/mol. The average molecular weight is 241 g/mol. The van der Waals surface area contributed by atoms with Gasteiger partial charge in [0.2, 0.25) is 0 Å². The van der Waals surface area contributed by atoms with Crippen molar-refractivity contribution in [3.63, 3.8) is 0 Å². The van der Waals surface area contributed by atoms with Crippen molar-refractivity contribution >= 4 is 11.5 Å². The lowest BCUT2D eigenvalue weighted by molar-refractivity contribution is 0.507. The molecule has 16 heavy (non-hydrogen) atoms. The Balaban J connectivity index is 1.97. The maximum atomic E-state index is 11.2. The second-order valence-electron chi connectivity index (χ2n) is 4.80. The van der Waals surface area contributed by atoms with Crippen LogP contribution in [-0.4, -0.2) is 3.96 Å². The fraction of sp³-hybridized carbons (Fsp3) is 0.769. The van der Waals surface area contributed by atoms with Gasteiger partial charge in [0.05, 0.1) is 0 Å². The first-order valence-corrected chi connectivity index (χ1v) is 7.18. The number of hydrogen-bond acceptors (Lipinski definition) is 2. The fourth-order valence-corrected chi connectivity index (χ4v) is 2.52. The number of aromatic nitrogens is 1. The van der Waals surface area contributed by atoms with Gasteiger partial charge in [-0.3, -0.25) is 8.75 Å². The second kappa shape index (κ2) is 7.66. The maximum absolute atomic E-state index is 11.2. The van der Waals surface area contributed by atoms with E-state index >= 15 is 0 Å². The van der Waals surface area contributed by atoms with Gasteiger partial charge in [-0.1, -0.05) is 57.5 Å². The van der Waals surface area contributed by atoms with Gasteiger partial charge < -0.3 is 0 Å². The molecule has 2 nitrogen and oxygen atoms in total. The van der Waals surface area contributed by atoms with Gasteiger partial charge in [0.25, 0.3) is 5.56 Å². The number of unbranched alkanes of at least 4 members (excludes halogenated alkanes) is 4. The van der Waals surface area contributed by atoms with Crippen LogP contribution < -0.4 is 5.56 Å². The third-order valence-corrected chi connectivity index (χ3v) is 3.66. The van der Waals surface area contributed by atoms with E-state index in [9.17, 15) is 4.79 Å². The molecule has 1 aromatic heterocycles. The Morgan fingerprint density at radius 3 is 2.50 bits per heavy atom. The van der Waals surface area contributed by atoms with Crippen molar-refractivity contribution < 1.29 is 0 Å². The summed E-state index contributed by atoms with van der Waals surface area (Å²) >= 11 is 1.53. The summed E-state index contributed by atoms with van der Waals surface area (Å²) in [6, 6.07) is 1.65. The fourth-order valence-electron chi connectivity index (χ4n) is 1.80. The first-order valence-electron chi connectivity index (χ1n) is 6.35. The number of hydrogen-bond donors (Lipinski definition) is 0. The quantitative estimate of drug-likeness (QED) is 0.633. The van der Waals surface area contributed by atoms with Gasteiger partial charge >= 0.3 is 0 Å². The molecule has 0 N–H and O–H groups in total. The van der Waals surface area contributed by atoms with Crippen LogP contribution in [0, 0.1) is 5.92 Å². The van der Waals surface area contributed by atoms with Crippen LogP contribution in [0.5, 0.6) is 0 Å². The lowest BCUT2D eigenvalue weighted by Gasteiger charge is -2.04. The van der Waals surface area contributed by atoms with Crippen LogP contribution in [0.4, 0.5) is 0 Å². The van der Waals surface area contributed by atoms with Gasteiger partial charge in [-0.25, -0.2) is 0 Å². The first-order chi connectivity index (χ1) is 7.70. The minimum atomic E-state index is 0.157. The van der Waals surface area contributed by atoms with Crippen molar-refractivity contribution in [1.82, 2.24) is 3.96 Å². The molecule has 0 aliphatic carbocycles. The monoisotopic (exact) mass is 241 g/mol. The Labute approximate surface area is 102 Å². The number of nitrogens with zero attached hydrogens (tertiary/aromatic N) is 1. The summed E-state index contributed by atoms with van der Waals surface area (Å²) in [6.45, 7) is 5.47. The molecule has 0 atom stereocenters. The van der Waals surface area contributed by atoms with Gasteiger partial charge in [-0.2, -0.15) is 0 Å². The van der Waals surface area contributed by atoms with Crippen molar-refractivity contribution in [3.05, 3.63) is 21.8 Å². The summed E-state index contributed by atoms with van der Waals surface area (Å²) in [7, 11) is 0. The Bertz CT molecular complexity index is 327. The molecule has 1 rings (SSSR count). The van der Waals surface area contributed by atoms with Gasteiger partial charge in [-0.05, 0) is 12.3 Å². The van der Waals surface area contributed by atoms with Crippen molar-refractivity contribution in [1.29, 1.82) is 0 Å². The summed E-state index contributed by atoms with van der Waals surface area (Å²) in [5, 5.41) is 1.87. The zero-order valence-electron chi connectivity index (χ0n) is 10.4. The van der Waals surface area contributed by atoms with Crippen LogP contribution >= 0.6 is 11.5 Å². The molecular formula is C13H23NOS. The molecule has 1 heterocycles. The van der Waals surface area contributed by atoms with Crippen molar-refractivity contribution in [2.24, 2.45) is 5.92 Å². The van der Waals surface area contributed by atoms with Crippen LogP contribution in [0.25, 0.3) is 0 Å². The van der Waals surface area contributed by atoms with E-state index in [4.69, 9.17) is 0 Å². The zero-order valence-corrected chi connectivity index (χ0v) is 11.3. The SMILES string of the molecule is CC(C)CCCCCCCn1sccc1=O. The van der Waals surface area contributed by atoms with Crippen LogP contribution in [0.3, 0.4) is 0 Å². The second-order valence-corrected chi connectivity index (χ2v) is 5.72. The van der Waals surface area contributed by atoms with Crippen LogP contribution in [0.2, 0.25) is 0 Å². The van der Waals surface area contributed by atoms with E-state index < -0.39 is 0 Å². The van der Waals surface area contributed by atoms with E-state index in [2.05, 4.69) is 13.8 Å². The lowest BCUT2D eigenvalue weighted by Crippen LogP contribution is -2.11. The van der Waals surface area contributed by atoms with Gasteiger partial charge in [0, 0.05) is 18.0 Å². The van der Waals surface area contributed by atoms with E-state index in [0.717, 1.165) is 18.9 Å². The molecule has 0 fully saturated rings. The van der Waals surface area contributed by atoms with E-state index in [1.165, 1.54) is 43.6 Å². The molecule has 0 saturated heterocycles. The Morgan fingerprint density at radius 2 is 1.88 bits per heavy atom. The molecule has 92 valence electrons. The molecule has 0 amide bonds. The third kappa shape index (κ3) is 5.50. The van der Waals surface area contributed by atoms with Gasteiger partial charge in [-0.15, -0.1) is 0 Å². The molecule has 1 aromatic rings. The minimum Gasteiger partial charge on any atom is -0.268 e. The Morgan fingerprint density at radius 1 is 1.19 bits per heavy atom. The highest BCUT2D eigenvalue weighted by Crippen LogP contribution is 2.11. The molecule has 0 aliphatic rings. The normalized spacial score (nSPS) is 11.2. The maximum Gasteiger partial charge on any atom is 0.260 e. The van der Waals surface area contributed by atoms with Crippen LogP contribution in [0.1, 0.15) is 52.4 Å². The Kier molecular flexibility index (Phi) is 6.46. The molecule has 0 aliphatic heterocycles. The summed E-state index contributed by atoms with van der Waals surface area (Å²) in [4.78, 5) is 11.2. The molecule has 3 heteroatoms. The smallest absolute Gasteiger partial charge is 0.260 e. The van der Waals surface area contributed by atoms with E-state index in [1.807, 2.05) is 9.34 Å². The van der Waals surface area contributed by atoms with E-state index in [-0.39, 0.29) is 5.56 Å². The van der Waals surface area contributed by atoms with E-state index in [0.29, 0.717) is 0 Å². The lowest BCUT2D eigenvalue weighted by atomic mass is 10.0. The molecule has 0 saturated carbocycles. The predicted molar refractivity (Wildman–Crippen MR) is 71.1 cm³/mol. The highest BCUT2D eigenvalue weighted by molar-refractivity contribution is 7.04. The Hall–Kier alpha value is -0.570. The zero-order chi connectivity index (χ0) is 11.8. The summed E-state index contributed by atoms with van der Waals surface area (Å²) in [5.74, 6) is 0.838. The minimum absolute atomic E-state index is 0.157. The third-order valence-electron chi connectivity index (χ3n) is 2.79. The highest BCUT2D eigenvalue weighted by atomic mass is 32.1. The number of aryl methyl sites for hydroxylation is 1. The molecule has 0 bridgehead atoms. The summed E-state index contributed by atoms with van der Waals surface area (Å²) in [5.41, 5.74) is 0.157. The van der Waals surface area contributed by atoms with Crippen molar-refractivity contribution in [3.8, 4) is 0 Å². The first kappa shape index (κ1) is 13.5. The standard InChI is InChI=1S/C13H23NOS/c1-12(2)8-6-4-3-5-7-10-14-13(15)9-11-16-14/h9,11-12H,3-8,10H2,1-2H3. The molecule has 0 radical (unpaired) electrons. The number of rotatable bonds is 8. The van der Waals surface area contributed by atoms with Crippen molar-refractivity contribution in [2.75, 3.05) is 0 Å². The van der Waals surface area contributed by atoms with Gasteiger partial charge in [0.1, 0.15) is 0 Å².